The van der Waals surface area contributed by atoms with Gasteiger partial charge in [-0.15, -0.1) is 5.10 Å². The number of nitrogens with zero attached hydrogens (tertiary/aromatic N) is 4. The molecule has 0 saturated carbocycles. The molecule has 3 aromatic rings. The molecule has 0 aliphatic carbocycles. The Balaban J connectivity index is 1.68. The first-order chi connectivity index (χ1) is 13.5. The fourth-order valence-electron chi connectivity index (χ4n) is 2.88. The van der Waals surface area contributed by atoms with Crippen LogP contribution in [0.1, 0.15) is 26.0 Å². The van der Waals surface area contributed by atoms with Crippen molar-refractivity contribution in [2.45, 2.75) is 38.3 Å². The van der Waals surface area contributed by atoms with Crippen LogP contribution >= 0.6 is 0 Å². The maximum Gasteiger partial charge on any atom is 0.243 e. The van der Waals surface area contributed by atoms with Crippen molar-refractivity contribution in [2.75, 3.05) is 13.1 Å². The molecule has 0 spiro atoms. The zero-order valence-electron chi connectivity index (χ0n) is 15.8. The summed E-state index contributed by atoms with van der Waals surface area (Å²) in [6.07, 6.45) is 1.77. The van der Waals surface area contributed by atoms with Crippen molar-refractivity contribution < 1.29 is 17.6 Å². The van der Waals surface area contributed by atoms with Crippen LogP contribution in [-0.2, 0) is 27.9 Å². The van der Waals surface area contributed by atoms with Gasteiger partial charge in [-0.05, 0) is 30.3 Å². The topological polar surface area (TPSA) is 110 Å². The zero-order valence-corrected chi connectivity index (χ0v) is 16.6. The molecule has 150 valence electrons. The van der Waals surface area contributed by atoms with Crippen LogP contribution in [0.2, 0.25) is 0 Å². The fourth-order valence-corrected chi connectivity index (χ4v) is 4.36. The molecule has 0 fully saturated rings. The molecule has 0 bridgehead atoms. The quantitative estimate of drug-likeness (QED) is 0.581. The molecule has 9 nitrogen and oxygen atoms in total. The number of hydrogen-bond donors (Lipinski definition) is 1. The number of aromatic nitrogens is 3. The number of fused-ring (bicyclic) bond motifs is 1. The molecule has 28 heavy (non-hydrogen) atoms. The predicted molar refractivity (Wildman–Crippen MR) is 103 cm³/mol. The number of amides is 1. The molecular weight excluding hydrogens is 382 g/mol. The number of benzene rings is 1. The molecule has 0 saturated heterocycles. The third-order valence-electron chi connectivity index (χ3n) is 4.42. The molecule has 1 N–H and O–H groups in total. The second-order valence-electron chi connectivity index (χ2n) is 6.16. The van der Waals surface area contributed by atoms with Crippen LogP contribution < -0.4 is 5.32 Å². The van der Waals surface area contributed by atoms with Gasteiger partial charge in [0.25, 0.3) is 0 Å². The van der Waals surface area contributed by atoms with E-state index in [1.165, 1.54) is 10.4 Å². The molecule has 0 unspecified atom stereocenters. The average molecular weight is 405 g/mol. The minimum absolute atomic E-state index is 0.138. The van der Waals surface area contributed by atoms with E-state index in [-0.39, 0.29) is 17.2 Å². The van der Waals surface area contributed by atoms with Gasteiger partial charge in [-0.3, -0.25) is 4.79 Å². The van der Waals surface area contributed by atoms with E-state index in [4.69, 9.17) is 4.42 Å². The average Bonchev–Trinajstić information content (AvgIpc) is 3.34. The zero-order chi connectivity index (χ0) is 20.1. The number of furan rings is 1. The molecule has 0 radical (unpaired) electrons. The summed E-state index contributed by atoms with van der Waals surface area (Å²) in [6, 6.07) is 8.29. The first kappa shape index (κ1) is 20.0. The highest BCUT2D eigenvalue weighted by Gasteiger charge is 2.22. The monoisotopic (exact) mass is 405 g/mol. The Bertz CT molecular complexity index is 1040. The maximum atomic E-state index is 12.6. The molecule has 1 aromatic carbocycles. The summed E-state index contributed by atoms with van der Waals surface area (Å²) in [5.74, 6) is 0.544. The molecule has 2 aromatic heterocycles. The van der Waals surface area contributed by atoms with Crippen LogP contribution in [0.5, 0.6) is 0 Å². The number of carbonyl (C=O) groups excluding carboxylic acids is 1. The van der Waals surface area contributed by atoms with Crippen molar-refractivity contribution >= 4 is 27.0 Å². The van der Waals surface area contributed by atoms with Crippen molar-refractivity contribution in [2.24, 2.45) is 0 Å². The second kappa shape index (κ2) is 8.53. The second-order valence-corrected chi connectivity index (χ2v) is 8.10. The Morgan fingerprint density at radius 1 is 1.25 bits per heavy atom. The Morgan fingerprint density at radius 2 is 2.04 bits per heavy atom. The normalized spacial score (nSPS) is 12.0. The highest BCUT2D eigenvalue weighted by molar-refractivity contribution is 7.89. The van der Waals surface area contributed by atoms with E-state index in [1.54, 1.807) is 49.1 Å². The Kier molecular flexibility index (Phi) is 6.10. The molecule has 10 heteroatoms. The van der Waals surface area contributed by atoms with Crippen molar-refractivity contribution in [3.05, 3.63) is 42.4 Å². The highest BCUT2D eigenvalue weighted by Crippen LogP contribution is 2.20. The number of sulfonamides is 1. The highest BCUT2D eigenvalue weighted by atomic mass is 32.2. The first-order valence-electron chi connectivity index (χ1n) is 9.08. The summed E-state index contributed by atoms with van der Waals surface area (Å²) >= 11 is 0. The van der Waals surface area contributed by atoms with Gasteiger partial charge in [0.15, 0.2) is 0 Å². The van der Waals surface area contributed by atoms with Crippen molar-refractivity contribution in [1.82, 2.24) is 24.6 Å². The molecular formula is C18H23N5O4S. The minimum atomic E-state index is -3.55. The Labute approximate surface area is 163 Å². The number of rotatable bonds is 9. The smallest absolute Gasteiger partial charge is 0.243 e. The van der Waals surface area contributed by atoms with E-state index in [1.807, 2.05) is 0 Å². The summed E-state index contributed by atoms with van der Waals surface area (Å²) in [7, 11) is -3.55. The molecule has 0 aliphatic heterocycles. The van der Waals surface area contributed by atoms with E-state index < -0.39 is 10.0 Å². The lowest BCUT2D eigenvalue weighted by atomic mass is 10.3. The molecule has 2 heterocycles. The van der Waals surface area contributed by atoms with E-state index >= 15 is 0 Å². The summed E-state index contributed by atoms with van der Waals surface area (Å²) in [5, 5.41) is 10.9. The fraction of sp³-hybridized carbons (Fsp3) is 0.389. The third-order valence-corrected chi connectivity index (χ3v) is 6.47. The van der Waals surface area contributed by atoms with Gasteiger partial charge in [-0.1, -0.05) is 19.1 Å². The SMILES string of the molecule is CCN(CC)S(=O)(=O)c1ccc2c(c1)nnn2CCC(=O)NCc1ccco1. The van der Waals surface area contributed by atoms with Crippen LogP contribution in [0.15, 0.2) is 45.9 Å². The number of hydrogen-bond acceptors (Lipinski definition) is 6. The van der Waals surface area contributed by atoms with E-state index in [2.05, 4.69) is 15.6 Å². The van der Waals surface area contributed by atoms with Gasteiger partial charge in [0.1, 0.15) is 11.3 Å². The van der Waals surface area contributed by atoms with Crippen LogP contribution in [0.4, 0.5) is 0 Å². The van der Waals surface area contributed by atoms with Crippen LogP contribution in [0.3, 0.4) is 0 Å². The summed E-state index contributed by atoms with van der Waals surface area (Å²) in [5.41, 5.74) is 1.15. The first-order valence-corrected chi connectivity index (χ1v) is 10.5. The third kappa shape index (κ3) is 4.23. The molecule has 1 amide bonds. The lowest BCUT2D eigenvalue weighted by Gasteiger charge is -2.18. The summed E-state index contributed by atoms with van der Waals surface area (Å²) in [4.78, 5) is 12.2. The van der Waals surface area contributed by atoms with E-state index in [9.17, 15) is 13.2 Å². The van der Waals surface area contributed by atoms with Gasteiger partial charge < -0.3 is 9.73 Å². The van der Waals surface area contributed by atoms with Crippen molar-refractivity contribution in [1.29, 1.82) is 0 Å². The largest absolute Gasteiger partial charge is 0.467 e. The standard InChI is InChI=1S/C18H23N5O4S/c1-3-22(4-2)28(25,26)15-7-8-17-16(12-15)20-21-23(17)10-9-18(24)19-13-14-6-5-11-27-14/h5-8,11-12H,3-4,9-10,13H2,1-2H3,(H,19,24). The number of carbonyl (C=O) groups is 1. The van der Waals surface area contributed by atoms with E-state index in [0.29, 0.717) is 43.0 Å². The molecule has 0 aliphatic rings. The van der Waals surface area contributed by atoms with Crippen LogP contribution in [0, 0.1) is 0 Å². The van der Waals surface area contributed by atoms with Gasteiger partial charge >= 0.3 is 0 Å². The van der Waals surface area contributed by atoms with Crippen molar-refractivity contribution in [3.63, 3.8) is 0 Å². The minimum Gasteiger partial charge on any atom is -0.467 e. The lowest BCUT2D eigenvalue weighted by Crippen LogP contribution is -2.30. The van der Waals surface area contributed by atoms with Crippen molar-refractivity contribution in [3.8, 4) is 0 Å². The van der Waals surface area contributed by atoms with Gasteiger partial charge in [-0.2, -0.15) is 4.31 Å². The van der Waals surface area contributed by atoms with Crippen LogP contribution in [-0.4, -0.2) is 46.7 Å². The number of aryl methyl sites for hydroxylation is 1. The van der Waals surface area contributed by atoms with Gasteiger partial charge in [0.05, 0.1) is 29.8 Å². The molecule has 3 rings (SSSR count). The molecule has 0 atom stereocenters. The Hall–Kier alpha value is -2.72. The van der Waals surface area contributed by atoms with Crippen LogP contribution in [0.25, 0.3) is 11.0 Å². The predicted octanol–water partition coefficient (Wildman–Crippen LogP) is 1.76. The van der Waals surface area contributed by atoms with Gasteiger partial charge in [-0.25, -0.2) is 13.1 Å². The van der Waals surface area contributed by atoms with Gasteiger partial charge in [0.2, 0.25) is 15.9 Å². The lowest BCUT2D eigenvalue weighted by molar-refractivity contribution is -0.121. The Morgan fingerprint density at radius 3 is 2.71 bits per heavy atom. The van der Waals surface area contributed by atoms with Gasteiger partial charge in [0, 0.05) is 19.5 Å². The summed E-state index contributed by atoms with van der Waals surface area (Å²) in [6.45, 7) is 5.06. The number of nitrogens with one attached hydrogen (secondary N) is 1. The van der Waals surface area contributed by atoms with E-state index in [0.717, 1.165) is 0 Å². The maximum absolute atomic E-state index is 12.6. The summed E-state index contributed by atoms with van der Waals surface area (Å²) < 4.78 is 33.4.